The maximum Gasteiger partial charge on any atom is 0.273 e. The van der Waals surface area contributed by atoms with Crippen LogP contribution >= 0.6 is 11.3 Å². The number of hydrogen-bond acceptors (Lipinski definition) is 6. The summed E-state index contributed by atoms with van der Waals surface area (Å²) in [7, 11) is -3.28. The Labute approximate surface area is 148 Å². The molecule has 1 amide bonds. The lowest BCUT2D eigenvalue weighted by Gasteiger charge is -2.25. The normalized spacial score (nSPS) is 18.5. The number of aromatic nitrogens is 1. The van der Waals surface area contributed by atoms with Crippen LogP contribution in [-0.4, -0.2) is 25.2 Å². The van der Waals surface area contributed by atoms with Crippen molar-refractivity contribution in [3.63, 3.8) is 0 Å². The lowest BCUT2D eigenvalue weighted by atomic mass is 10.0. The van der Waals surface area contributed by atoms with Crippen LogP contribution in [0.2, 0.25) is 0 Å². The molecular formula is C17H14N2O4S2. The number of hydrogen-bond donors (Lipinski definition) is 1. The van der Waals surface area contributed by atoms with Crippen LogP contribution in [0.5, 0.6) is 0 Å². The summed E-state index contributed by atoms with van der Waals surface area (Å²) < 4.78 is 29.6. The number of nitrogens with one attached hydrogen (secondary N) is 1. The molecule has 6 nitrogen and oxygen atoms in total. The Balaban J connectivity index is 1.58. The van der Waals surface area contributed by atoms with Crippen LogP contribution in [0.15, 0.2) is 57.3 Å². The zero-order valence-electron chi connectivity index (χ0n) is 13.0. The summed E-state index contributed by atoms with van der Waals surface area (Å²) in [6, 6.07) is 11.8. The number of thiophene rings is 1. The van der Waals surface area contributed by atoms with Gasteiger partial charge in [-0.1, -0.05) is 29.4 Å². The molecular weight excluding hydrogens is 360 g/mol. The second kappa shape index (κ2) is 6.12. The van der Waals surface area contributed by atoms with Crippen LogP contribution in [0.3, 0.4) is 0 Å². The van der Waals surface area contributed by atoms with E-state index in [0.717, 1.165) is 4.88 Å². The largest absolute Gasteiger partial charge is 0.355 e. The molecule has 2 aromatic heterocycles. The van der Waals surface area contributed by atoms with E-state index in [4.69, 9.17) is 4.52 Å². The maximum atomic E-state index is 12.5. The van der Waals surface area contributed by atoms with Crippen molar-refractivity contribution in [2.24, 2.45) is 0 Å². The SMILES string of the molecule is O=C(NC1CCS(=O)(=O)c2ccccc21)c1cc(-c2cccs2)on1. The van der Waals surface area contributed by atoms with E-state index in [1.165, 1.54) is 11.3 Å². The number of sulfone groups is 1. The van der Waals surface area contributed by atoms with E-state index in [-0.39, 0.29) is 28.3 Å². The highest BCUT2D eigenvalue weighted by atomic mass is 32.2. The molecule has 0 radical (unpaired) electrons. The first-order chi connectivity index (χ1) is 12.0. The van der Waals surface area contributed by atoms with Gasteiger partial charge in [-0.3, -0.25) is 4.79 Å². The molecule has 0 spiro atoms. The maximum absolute atomic E-state index is 12.5. The minimum Gasteiger partial charge on any atom is -0.355 e. The molecule has 0 fully saturated rings. The van der Waals surface area contributed by atoms with E-state index >= 15 is 0 Å². The molecule has 0 saturated carbocycles. The Morgan fingerprint density at radius 2 is 2.08 bits per heavy atom. The third-order valence-corrected chi connectivity index (χ3v) is 6.82. The summed E-state index contributed by atoms with van der Waals surface area (Å²) in [5.74, 6) is 0.159. The fourth-order valence-electron chi connectivity index (χ4n) is 2.89. The van der Waals surface area contributed by atoms with Crippen molar-refractivity contribution in [3.05, 3.63) is 59.1 Å². The Kier molecular flexibility index (Phi) is 3.93. The molecule has 1 atom stereocenters. The van der Waals surface area contributed by atoms with Crippen molar-refractivity contribution in [2.45, 2.75) is 17.4 Å². The first-order valence-corrected chi connectivity index (χ1v) is 10.2. The zero-order chi connectivity index (χ0) is 17.4. The van der Waals surface area contributed by atoms with E-state index in [1.807, 2.05) is 17.5 Å². The third-order valence-electron chi connectivity index (χ3n) is 4.12. The molecule has 3 aromatic rings. The molecule has 1 aliphatic rings. The van der Waals surface area contributed by atoms with Crippen molar-refractivity contribution < 1.29 is 17.7 Å². The average molecular weight is 374 g/mol. The number of nitrogens with zero attached hydrogens (tertiary/aromatic N) is 1. The first kappa shape index (κ1) is 16.0. The molecule has 1 aromatic carbocycles. The van der Waals surface area contributed by atoms with Crippen molar-refractivity contribution >= 4 is 27.1 Å². The van der Waals surface area contributed by atoms with E-state index in [0.29, 0.717) is 17.7 Å². The van der Waals surface area contributed by atoms with Crippen molar-refractivity contribution in [2.75, 3.05) is 5.75 Å². The molecule has 0 saturated heterocycles. The summed E-state index contributed by atoms with van der Waals surface area (Å²) in [6.45, 7) is 0. The van der Waals surface area contributed by atoms with E-state index in [2.05, 4.69) is 10.5 Å². The van der Waals surface area contributed by atoms with E-state index in [9.17, 15) is 13.2 Å². The predicted molar refractivity (Wildman–Crippen MR) is 93.1 cm³/mol. The van der Waals surface area contributed by atoms with Gasteiger partial charge in [0.2, 0.25) is 0 Å². The molecule has 0 bridgehead atoms. The smallest absolute Gasteiger partial charge is 0.273 e. The summed E-state index contributed by atoms with van der Waals surface area (Å²) in [5.41, 5.74) is 0.790. The van der Waals surface area contributed by atoms with Crippen LogP contribution in [-0.2, 0) is 9.84 Å². The van der Waals surface area contributed by atoms with Gasteiger partial charge in [0.15, 0.2) is 21.3 Å². The van der Waals surface area contributed by atoms with Crippen LogP contribution < -0.4 is 5.32 Å². The highest BCUT2D eigenvalue weighted by molar-refractivity contribution is 7.91. The molecule has 0 aliphatic carbocycles. The van der Waals surface area contributed by atoms with Crippen molar-refractivity contribution in [1.29, 1.82) is 0 Å². The van der Waals surface area contributed by atoms with Crippen LogP contribution in [0, 0.1) is 0 Å². The molecule has 4 rings (SSSR count). The molecule has 1 unspecified atom stereocenters. The summed E-state index contributed by atoms with van der Waals surface area (Å²) in [6.07, 6.45) is 0.334. The summed E-state index contributed by atoms with van der Waals surface area (Å²) in [4.78, 5) is 13.7. The minimum absolute atomic E-state index is 0.00816. The van der Waals surface area contributed by atoms with Crippen LogP contribution in [0.1, 0.15) is 28.5 Å². The second-order valence-electron chi connectivity index (χ2n) is 5.73. The van der Waals surface area contributed by atoms with E-state index in [1.54, 1.807) is 30.3 Å². The van der Waals surface area contributed by atoms with Gasteiger partial charge in [0, 0.05) is 6.07 Å². The highest BCUT2D eigenvalue weighted by Crippen LogP contribution is 2.32. The van der Waals surface area contributed by atoms with Gasteiger partial charge >= 0.3 is 0 Å². The van der Waals surface area contributed by atoms with Gasteiger partial charge in [-0.05, 0) is 29.5 Å². The number of carbonyl (C=O) groups is 1. The summed E-state index contributed by atoms with van der Waals surface area (Å²) in [5, 5.41) is 8.60. The number of carbonyl (C=O) groups excluding carboxylic acids is 1. The number of rotatable bonds is 3. The van der Waals surface area contributed by atoms with Gasteiger partial charge in [-0.2, -0.15) is 0 Å². The topological polar surface area (TPSA) is 89.3 Å². The molecule has 1 N–H and O–H groups in total. The molecule has 128 valence electrons. The number of amides is 1. The lowest BCUT2D eigenvalue weighted by molar-refractivity contribution is 0.0925. The monoisotopic (exact) mass is 374 g/mol. The molecule has 1 aliphatic heterocycles. The lowest BCUT2D eigenvalue weighted by Crippen LogP contribution is -2.34. The molecule has 8 heteroatoms. The van der Waals surface area contributed by atoms with Crippen LogP contribution in [0.4, 0.5) is 0 Å². The third kappa shape index (κ3) is 2.98. The average Bonchev–Trinajstić information content (AvgIpc) is 3.28. The Hall–Kier alpha value is -2.45. The first-order valence-electron chi connectivity index (χ1n) is 7.68. The van der Waals surface area contributed by atoms with Crippen molar-refractivity contribution in [3.8, 4) is 10.6 Å². The van der Waals surface area contributed by atoms with Crippen LogP contribution in [0.25, 0.3) is 10.6 Å². The Bertz CT molecular complexity index is 1020. The fourth-order valence-corrected chi connectivity index (χ4v) is 5.18. The van der Waals surface area contributed by atoms with Gasteiger partial charge in [-0.15, -0.1) is 11.3 Å². The van der Waals surface area contributed by atoms with Gasteiger partial charge in [0.1, 0.15) is 0 Å². The van der Waals surface area contributed by atoms with E-state index < -0.39 is 9.84 Å². The number of fused-ring (bicyclic) bond motifs is 1. The summed E-state index contributed by atoms with van der Waals surface area (Å²) >= 11 is 1.50. The predicted octanol–water partition coefficient (Wildman–Crippen LogP) is 3.05. The number of benzene rings is 1. The standard InChI is InChI=1S/C17H14N2O4S2/c20-17(13-10-14(23-19-13)15-5-3-8-24-15)18-12-7-9-25(21,22)16-6-2-1-4-11(12)16/h1-6,8,10,12H,7,9H2,(H,18,20). The Morgan fingerprint density at radius 1 is 1.24 bits per heavy atom. The van der Waals surface area contributed by atoms with Crippen molar-refractivity contribution in [1.82, 2.24) is 10.5 Å². The van der Waals surface area contributed by atoms with Gasteiger partial charge < -0.3 is 9.84 Å². The fraction of sp³-hybridized carbons (Fsp3) is 0.176. The molecule has 3 heterocycles. The Morgan fingerprint density at radius 3 is 2.88 bits per heavy atom. The van der Waals surface area contributed by atoms with Gasteiger partial charge in [0.05, 0.1) is 21.6 Å². The molecule has 25 heavy (non-hydrogen) atoms. The van der Waals surface area contributed by atoms with Gasteiger partial charge in [0.25, 0.3) is 5.91 Å². The highest BCUT2D eigenvalue weighted by Gasteiger charge is 2.31. The van der Waals surface area contributed by atoms with Gasteiger partial charge in [-0.25, -0.2) is 8.42 Å². The zero-order valence-corrected chi connectivity index (χ0v) is 14.6. The second-order valence-corrected chi connectivity index (χ2v) is 8.75. The quantitative estimate of drug-likeness (QED) is 0.761. The minimum atomic E-state index is -3.28.